The van der Waals surface area contributed by atoms with Crippen LogP contribution in [0.15, 0.2) is 88.8 Å². The zero-order valence-electron chi connectivity index (χ0n) is 22.3. The van der Waals surface area contributed by atoms with Crippen LogP contribution in [0.5, 0.6) is 0 Å². The first kappa shape index (κ1) is 26.0. The Morgan fingerprint density at radius 3 is 2.46 bits per heavy atom. The minimum absolute atomic E-state index is 0.0716. The highest BCUT2D eigenvalue weighted by Gasteiger charge is 2.41. The molecule has 2 aliphatic rings. The van der Waals surface area contributed by atoms with Crippen LogP contribution in [-0.4, -0.2) is 26.6 Å². The van der Waals surface area contributed by atoms with Gasteiger partial charge in [-0.15, -0.1) is 0 Å². The molecule has 0 unspecified atom stereocenters. The Labute approximate surface area is 239 Å². The minimum atomic E-state index is 0.0716. The van der Waals surface area contributed by atoms with Gasteiger partial charge in [-0.2, -0.15) is 0 Å². The topological polar surface area (TPSA) is 37.6 Å². The fourth-order valence-electron chi connectivity index (χ4n) is 5.90. The molecule has 2 fully saturated rings. The number of aliphatic imine (C=N–C) groups is 1. The lowest BCUT2D eigenvalue weighted by molar-refractivity contribution is -0.124. The summed E-state index contributed by atoms with van der Waals surface area (Å²) in [4.78, 5) is 21.8. The molecule has 1 amide bonds. The maximum atomic E-state index is 14.1. The van der Waals surface area contributed by atoms with E-state index in [0.29, 0.717) is 5.92 Å². The summed E-state index contributed by atoms with van der Waals surface area (Å²) >= 11 is 7.64. The van der Waals surface area contributed by atoms with Crippen LogP contribution in [0.3, 0.4) is 0 Å². The van der Waals surface area contributed by atoms with Crippen molar-refractivity contribution in [3.8, 4) is 0 Å². The number of carbonyl (C=O) groups is 1. The number of benzene rings is 3. The molecule has 6 rings (SSSR count). The van der Waals surface area contributed by atoms with Gasteiger partial charge in [-0.1, -0.05) is 79.9 Å². The average molecular weight is 554 g/mol. The number of halogens is 1. The molecule has 1 aromatic heterocycles. The van der Waals surface area contributed by atoms with E-state index in [2.05, 4.69) is 60.9 Å². The number of thioether (sulfide) groups is 1. The molecule has 0 bridgehead atoms. The van der Waals surface area contributed by atoms with Crippen molar-refractivity contribution in [3.63, 3.8) is 0 Å². The highest BCUT2D eigenvalue weighted by atomic mass is 35.5. The standard InChI is InChI=1S/C33H32ClN3OS/c1-22-10-6-8-14-29(22)37-32(38)31(39-33(37)35-26-11-4-3-5-12-26)20-28-23(2)36(30-15-9-7-13-27(28)30)21-24-16-18-25(34)19-17-24/h3-5,7,9,11-13,15-20,22,29H,6,8,10,14,21H2,1-2H3/b31-20-,35-33?/t22-,29-/m0/s1. The van der Waals surface area contributed by atoms with Gasteiger partial charge in [-0.25, -0.2) is 4.99 Å². The molecule has 2 atom stereocenters. The zero-order valence-corrected chi connectivity index (χ0v) is 23.9. The Morgan fingerprint density at radius 1 is 0.974 bits per heavy atom. The van der Waals surface area contributed by atoms with Crippen LogP contribution in [0, 0.1) is 12.8 Å². The molecule has 1 aliphatic heterocycles. The summed E-state index contributed by atoms with van der Waals surface area (Å²) in [6, 6.07) is 26.6. The number of para-hydroxylation sites is 2. The number of nitrogens with zero attached hydrogens (tertiary/aromatic N) is 3. The van der Waals surface area contributed by atoms with Gasteiger partial charge in [0.2, 0.25) is 0 Å². The van der Waals surface area contributed by atoms with Crippen molar-refractivity contribution in [1.29, 1.82) is 0 Å². The molecule has 1 aliphatic carbocycles. The Balaban J connectivity index is 1.42. The molecule has 4 nitrogen and oxygen atoms in total. The minimum Gasteiger partial charge on any atom is -0.340 e. The Bertz CT molecular complexity index is 1570. The van der Waals surface area contributed by atoms with E-state index in [9.17, 15) is 4.79 Å². The molecule has 2 heterocycles. The molecular formula is C33H32ClN3OS. The molecule has 198 valence electrons. The van der Waals surface area contributed by atoms with Crippen LogP contribution in [-0.2, 0) is 11.3 Å². The lowest BCUT2D eigenvalue weighted by Crippen LogP contribution is -2.44. The van der Waals surface area contributed by atoms with Gasteiger partial charge in [0.15, 0.2) is 5.17 Å². The number of rotatable bonds is 5. The Kier molecular flexibility index (Phi) is 7.37. The predicted molar refractivity (Wildman–Crippen MR) is 165 cm³/mol. The first-order chi connectivity index (χ1) is 19.0. The van der Waals surface area contributed by atoms with Crippen molar-refractivity contribution in [3.05, 3.63) is 106 Å². The van der Waals surface area contributed by atoms with Crippen molar-refractivity contribution in [2.75, 3.05) is 0 Å². The molecule has 39 heavy (non-hydrogen) atoms. The van der Waals surface area contributed by atoms with E-state index in [1.54, 1.807) is 0 Å². The summed E-state index contributed by atoms with van der Waals surface area (Å²) in [5, 5.41) is 2.68. The van der Waals surface area contributed by atoms with E-state index in [-0.39, 0.29) is 11.9 Å². The summed E-state index contributed by atoms with van der Waals surface area (Å²) in [5.41, 5.74) is 5.44. The summed E-state index contributed by atoms with van der Waals surface area (Å²) in [6.45, 7) is 5.16. The molecule has 0 radical (unpaired) electrons. The highest BCUT2D eigenvalue weighted by Crippen LogP contribution is 2.41. The van der Waals surface area contributed by atoms with Gasteiger partial charge in [-0.3, -0.25) is 9.69 Å². The van der Waals surface area contributed by atoms with Crippen LogP contribution in [0.25, 0.3) is 17.0 Å². The number of aromatic nitrogens is 1. The fourth-order valence-corrected chi connectivity index (χ4v) is 7.05. The molecule has 1 saturated heterocycles. The van der Waals surface area contributed by atoms with E-state index in [0.717, 1.165) is 68.8 Å². The van der Waals surface area contributed by atoms with Gasteiger partial charge in [0.1, 0.15) is 0 Å². The molecule has 4 aromatic rings. The molecule has 0 N–H and O–H groups in total. The molecule has 6 heteroatoms. The van der Waals surface area contributed by atoms with Crippen LogP contribution in [0.2, 0.25) is 5.02 Å². The second-order valence-electron chi connectivity index (χ2n) is 10.6. The number of carbonyl (C=O) groups excluding carboxylic acids is 1. The number of amides is 1. The van der Waals surface area contributed by atoms with Crippen molar-refractivity contribution >= 4 is 57.1 Å². The normalized spacial score (nSPS) is 21.9. The molecular weight excluding hydrogens is 522 g/mol. The highest BCUT2D eigenvalue weighted by molar-refractivity contribution is 8.18. The Morgan fingerprint density at radius 2 is 1.69 bits per heavy atom. The smallest absolute Gasteiger partial charge is 0.267 e. The average Bonchev–Trinajstić information content (AvgIpc) is 3.39. The summed E-state index contributed by atoms with van der Waals surface area (Å²) in [5.74, 6) is 0.522. The second kappa shape index (κ2) is 11.1. The quantitative estimate of drug-likeness (QED) is 0.231. The third-order valence-corrected chi connectivity index (χ3v) is 9.26. The zero-order chi connectivity index (χ0) is 26.9. The lowest BCUT2D eigenvalue weighted by atomic mass is 9.85. The van der Waals surface area contributed by atoms with Gasteiger partial charge in [0, 0.05) is 39.8 Å². The van der Waals surface area contributed by atoms with Crippen molar-refractivity contribution in [2.45, 2.75) is 52.1 Å². The van der Waals surface area contributed by atoms with E-state index in [1.165, 1.54) is 23.7 Å². The largest absolute Gasteiger partial charge is 0.340 e. The number of hydrogen-bond acceptors (Lipinski definition) is 3. The van der Waals surface area contributed by atoms with E-state index >= 15 is 0 Å². The van der Waals surface area contributed by atoms with Crippen LogP contribution < -0.4 is 0 Å². The Hall–Kier alpha value is -3.28. The summed E-state index contributed by atoms with van der Waals surface area (Å²) in [6.07, 6.45) is 6.64. The molecule has 3 aromatic carbocycles. The SMILES string of the molecule is Cc1c(/C=C2\SC(=Nc3ccccc3)N([C@H]3CCCC[C@@H]3C)C2=O)c2ccccc2n1Cc1ccc(Cl)cc1. The second-order valence-corrected chi connectivity index (χ2v) is 12.0. The van der Waals surface area contributed by atoms with Gasteiger partial charge in [0.25, 0.3) is 5.91 Å². The van der Waals surface area contributed by atoms with E-state index in [1.807, 2.05) is 47.4 Å². The molecule has 1 saturated carbocycles. The third kappa shape index (κ3) is 5.18. The predicted octanol–water partition coefficient (Wildman–Crippen LogP) is 8.83. The van der Waals surface area contributed by atoms with Gasteiger partial charge in [-0.05, 0) is 79.4 Å². The van der Waals surface area contributed by atoms with Crippen LogP contribution in [0.4, 0.5) is 5.69 Å². The first-order valence-electron chi connectivity index (χ1n) is 13.7. The summed E-state index contributed by atoms with van der Waals surface area (Å²) in [7, 11) is 0. The van der Waals surface area contributed by atoms with Crippen LogP contribution >= 0.6 is 23.4 Å². The van der Waals surface area contributed by atoms with Crippen molar-refractivity contribution in [2.24, 2.45) is 10.9 Å². The van der Waals surface area contributed by atoms with Gasteiger partial charge in [0.05, 0.1) is 10.6 Å². The lowest BCUT2D eigenvalue weighted by Gasteiger charge is -2.35. The number of hydrogen-bond donors (Lipinski definition) is 0. The van der Waals surface area contributed by atoms with E-state index in [4.69, 9.17) is 16.6 Å². The van der Waals surface area contributed by atoms with E-state index < -0.39 is 0 Å². The number of fused-ring (bicyclic) bond motifs is 1. The van der Waals surface area contributed by atoms with Crippen molar-refractivity contribution < 1.29 is 4.79 Å². The van der Waals surface area contributed by atoms with Gasteiger partial charge >= 0.3 is 0 Å². The van der Waals surface area contributed by atoms with Gasteiger partial charge < -0.3 is 4.57 Å². The third-order valence-electron chi connectivity index (χ3n) is 8.02. The monoisotopic (exact) mass is 553 g/mol. The number of amidine groups is 1. The maximum Gasteiger partial charge on any atom is 0.267 e. The maximum absolute atomic E-state index is 14.1. The van der Waals surface area contributed by atoms with Crippen LogP contribution in [0.1, 0.15) is 49.4 Å². The summed E-state index contributed by atoms with van der Waals surface area (Å²) < 4.78 is 2.33. The fraction of sp³-hybridized carbons (Fsp3) is 0.273. The molecule has 0 spiro atoms. The van der Waals surface area contributed by atoms with Crippen molar-refractivity contribution in [1.82, 2.24) is 9.47 Å². The first-order valence-corrected chi connectivity index (χ1v) is 14.9.